The number of carbonyl (C=O) groups excluding carboxylic acids is 4. The number of benzene rings is 1. The minimum Gasteiger partial charge on any atom is -0.461 e. The lowest BCUT2D eigenvalue weighted by Gasteiger charge is -2.05. The molecule has 0 atom stereocenters. The van der Waals surface area contributed by atoms with E-state index in [0.717, 1.165) is 11.3 Å². The molecule has 0 aliphatic carbocycles. The summed E-state index contributed by atoms with van der Waals surface area (Å²) in [6.45, 7) is 0.457. The molecule has 0 spiro atoms. The number of rotatable bonds is 11. The molecule has 1 fully saturated rings. The second kappa shape index (κ2) is 12.7. The molecule has 1 saturated heterocycles. The Morgan fingerprint density at radius 1 is 1.35 bits per heavy atom. The van der Waals surface area contributed by atoms with Crippen molar-refractivity contribution in [2.75, 3.05) is 25.2 Å². The van der Waals surface area contributed by atoms with Crippen molar-refractivity contribution in [1.29, 1.82) is 0 Å². The monoisotopic (exact) mass is 551 g/mol. The van der Waals surface area contributed by atoms with Gasteiger partial charge in [0.2, 0.25) is 11.6 Å². The first-order valence-corrected chi connectivity index (χ1v) is 12.1. The molecule has 1 aromatic heterocycles. The summed E-state index contributed by atoms with van der Waals surface area (Å²) in [7, 11) is 0. The summed E-state index contributed by atoms with van der Waals surface area (Å²) in [5.74, 6) is -2.06. The number of nitro benzene ring substituents is 1. The van der Waals surface area contributed by atoms with E-state index in [1.54, 1.807) is 6.92 Å². The molecule has 194 valence electrons. The standard InChI is InChI=1S/C21H18FN5O8S2/c1-2-34-19(30)17(26-35-6-5-22)15-10-23-20(36-15)24-16(28)9-12-4-3-11(7-13(12)27(32)33)8-14-18(29)25-21(31)37-14/h3-4,7-8,10H,2,5-6,9H2,1H3,(H,23,24,28)(H,25,29,31)/b14-8-,26-17-. The van der Waals surface area contributed by atoms with Gasteiger partial charge in [-0.05, 0) is 30.3 Å². The van der Waals surface area contributed by atoms with Gasteiger partial charge in [0, 0.05) is 11.6 Å². The molecule has 2 heterocycles. The van der Waals surface area contributed by atoms with Crippen molar-refractivity contribution in [2.45, 2.75) is 13.3 Å². The van der Waals surface area contributed by atoms with E-state index in [1.807, 2.05) is 0 Å². The van der Waals surface area contributed by atoms with Gasteiger partial charge in [-0.1, -0.05) is 28.6 Å². The highest BCUT2D eigenvalue weighted by atomic mass is 32.2. The number of thioether (sulfide) groups is 1. The summed E-state index contributed by atoms with van der Waals surface area (Å²) in [6.07, 6.45) is 2.19. The maximum Gasteiger partial charge on any atom is 0.361 e. The molecule has 0 saturated carbocycles. The van der Waals surface area contributed by atoms with Crippen molar-refractivity contribution in [2.24, 2.45) is 5.16 Å². The average Bonchev–Trinajstić information content (AvgIpc) is 3.42. The van der Waals surface area contributed by atoms with Gasteiger partial charge in [-0.2, -0.15) is 0 Å². The van der Waals surface area contributed by atoms with Gasteiger partial charge in [0.1, 0.15) is 13.3 Å². The van der Waals surface area contributed by atoms with Gasteiger partial charge in [-0.3, -0.25) is 29.8 Å². The number of thiazole rings is 1. The maximum atomic E-state index is 12.6. The Balaban J connectivity index is 1.74. The van der Waals surface area contributed by atoms with E-state index in [1.165, 1.54) is 30.5 Å². The summed E-state index contributed by atoms with van der Waals surface area (Å²) < 4.78 is 17.2. The molecule has 16 heteroatoms. The number of amides is 3. The molecule has 0 unspecified atom stereocenters. The molecule has 1 aliphatic rings. The van der Waals surface area contributed by atoms with Gasteiger partial charge in [-0.25, -0.2) is 14.2 Å². The number of hydrogen-bond donors (Lipinski definition) is 2. The molecule has 3 rings (SSSR count). The zero-order valence-corrected chi connectivity index (χ0v) is 20.7. The number of ether oxygens (including phenoxy) is 1. The summed E-state index contributed by atoms with van der Waals surface area (Å²) in [6, 6.07) is 4.03. The third-order valence-electron chi connectivity index (χ3n) is 4.38. The Morgan fingerprint density at radius 3 is 2.78 bits per heavy atom. The van der Waals surface area contributed by atoms with Gasteiger partial charge in [0.05, 0.1) is 33.9 Å². The quantitative estimate of drug-likeness (QED) is 0.105. The number of anilines is 1. The fourth-order valence-corrected chi connectivity index (χ4v) is 4.35. The second-order valence-electron chi connectivity index (χ2n) is 6.93. The highest BCUT2D eigenvalue weighted by Crippen LogP contribution is 2.28. The number of nitro groups is 1. The van der Waals surface area contributed by atoms with Gasteiger partial charge >= 0.3 is 5.97 Å². The fraction of sp³-hybridized carbons (Fsp3) is 0.238. The fourth-order valence-electron chi connectivity index (χ4n) is 2.87. The summed E-state index contributed by atoms with van der Waals surface area (Å²) in [5, 5.41) is 19.3. The van der Waals surface area contributed by atoms with Crippen LogP contribution in [0.3, 0.4) is 0 Å². The van der Waals surface area contributed by atoms with Crippen molar-refractivity contribution < 1.29 is 38.1 Å². The Kier molecular flexibility index (Phi) is 9.39. The van der Waals surface area contributed by atoms with Crippen LogP contribution in [0.15, 0.2) is 34.5 Å². The number of oxime groups is 1. The normalized spacial score (nSPS) is 14.4. The van der Waals surface area contributed by atoms with Crippen LogP contribution in [-0.4, -0.2) is 58.5 Å². The zero-order valence-electron chi connectivity index (χ0n) is 19.0. The van der Waals surface area contributed by atoms with E-state index < -0.39 is 34.6 Å². The number of alkyl halides is 1. The van der Waals surface area contributed by atoms with Crippen molar-refractivity contribution in [3.8, 4) is 0 Å². The predicted molar refractivity (Wildman–Crippen MR) is 132 cm³/mol. The third kappa shape index (κ3) is 7.40. The predicted octanol–water partition coefficient (Wildman–Crippen LogP) is 2.81. The molecule has 0 radical (unpaired) electrons. The van der Waals surface area contributed by atoms with E-state index in [4.69, 9.17) is 9.57 Å². The Morgan fingerprint density at radius 2 is 2.14 bits per heavy atom. The van der Waals surface area contributed by atoms with Crippen LogP contribution in [0.2, 0.25) is 0 Å². The van der Waals surface area contributed by atoms with Crippen LogP contribution in [-0.2, 0) is 30.4 Å². The Labute approximate surface area is 216 Å². The second-order valence-corrected chi connectivity index (χ2v) is 8.98. The SMILES string of the molecule is CCOC(=O)/C(=N\OCCF)c1cnc(NC(=O)Cc2ccc(/C=C3\SC(=O)NC3=O)cc2[N+](=O)[O-])s1. The van der Waals surface area contributed by atoms with E-state index in [9.17, 15) is 33.7 Å². The zero-order chi connectivity index (χ0) is 26.9. The number of nitrogens with one attached hydrogen (secondary N) is 2. The van der Waals surface area contributed by atoms with Gasteiger partial charge < -0.3 is 14.9 Å². The summed E-state index contributed by atoms with van der Waals surface area (Å²) >= 11 is 1.54. The van der Waals surface area contributed by atoms with E-state index in [-0.39, 0.29) is 51.5 Å². The van der Waals surface area contributed by atoms with Crippen LogP contribution < -0.4 is 10.6 Å². The molecule has 2 N–H and O–H groups in total. The minimum atomic E-state index is -0.827. The van der Waals surface area contributed by atoms with Crippen molar-refractivity contribution in [3.05, 3.63) is 55.4 Å². The lowest BCUT2D eigenvalue weighted by atomic mass is 10.1. The number of nitrogens with zero attached hydrogens (tertiary/aromatic N) is 3. The molecular formula is C21H18FN5O8S2. The average molecular weight is 552 g/mol. The Bertz CT molecular complexity index is 1310. The van der Waals surface area contributed by atoms with E-state index in [0.29, 0.717) is 17.3 Å². The van der Waals surface area contributed by atoms with Crippen LogP contribution in [0, 0.1) is 10.1 Å². The molecular weight excluding hydrogens is 533 g/mol. The van der Waals surface area contributed by atoms with Crippen LogP contribution in [0.25, 0.3) is 6.08 Å². The number of hydrogen-bond acceptors (Lipinski definition) is 12. The third-order valence-corrected chi connectivity index (χ3v) is 6.11. The molecule has 1 aliphatic heterocycles. The van der Waals surface area contributed by atoms with Crippen LogP contribution in [0.1, 0.15) is 22.9 Å². The number of imide groups is 1. The molecule has 13 nitrogen and oxygen atoms in total. The highest BCUT2D eigenvalue weighted by molar-refractivity contribution is 8.18. The van der Waals surface area contributed by atoms with Crippen LogP contribution in [0.4, 0.5) is 20.0 Å². The first-order valence-electron chi connectivity index (χ1n) is 10.4. The molecule has 3 amide bonds. The summed E-state index contributed by atoms with van der Waals surface area (Å²) in [4.78, 5) is 67.6. The lowest BCUT2D eigenvalue weighted by molar-refractivity contribution is -0.385. The van der Waals surface area contributed by atoms with Crippen molar-refractivity contribution in [1.82, 2.24) is 10.3 Å². The first kappa shape index (κ1) is 27.4. The minimum absolute atomic E-state index is 0.0577. The molecule has 0 bridgehead atoms. The highest BCUT2D eigenvalue weighted by Gasteiger charge is 2.26. The number of carbonyl (C=O) groups is 4. The molecule has 2 aromatic rings. The van der Waals surface area contributed by atoms with E-state index >= 15 is 0 Å². The van der Waals surface area contributed by atoms with Gasteiger partial charge in [0.15, 0.2) is 5.13 Å². The van der Waals surface area contributed by atoms with Crippen LogP contribution >= 0.6 is 23.1 Å². The van der Waals surface area contributed by atoms with Crippen LogP contribution in [0.5, 0.6) is 0 Å². The number of aromatic nitrogens is 1. The topological polar surface area (TPSA) is 179 Å². The smallest absolute Gasteiger partial charge is 0.361 e. The largest absolute Gasteiger partial charge is 0.461 e. The van der Waals surface area contributed by atoms with Gasteiger partial charge in [0.25, 0.3) is 16.8 Å². The number of halogens is 1. The van der Waals surface area contributed by atoms with Crippen molar-refractivity contribution >= 4 is 68.7 Å². The number of esters is 1. The molecule has 1 aromatic carbocycles. The van der Waals surface area contributed by atoms with Gasteiger partial charge in [-0.15, -0.1) is 0 Å². The first-order chi connectivity index (χ1) is 17.7. The lowest BCUT2D eigenvalue weighted by Crippen LogP contribution is -2.18. The maximum absolute atomic E-state index is 12.6. The Hall–Kier alpha value is -4.18. The molecule has 37 heavy (non-hydrogen) atoms. The summed E-state index contributed by atoms with van der Waals surface area (Å²) in [5.41, 5.74) is -0.229. The van der Waals surface area contributed by atoms with E-state index in [2.05, 4.69) is 20.8 Å². The van der Waals surface area contributed by atoms with Crippen molar-refractivity contribution in [3.63, 3.8) is 0 Å².